The Morgan fingerprint density at radius 3 is 2.44 bits per heavy atom. The highest BCUT2D eigenvalue weighted by Crippen LogP contribution is 2.28. The minimum absolute atomic E-state index is 0.120. The largest absolute Gasteiger partial charge is 0.372 e. The Kier molecular flexibility index (Phi) is 4.75. The molecule has 0 radical (unpaired) electrons. The maximum Gasteiger partial charge on any atom is 0.164 e. The van der Waals surface area contributed by atoms with Crippen molar-refractivity contribution in [3.8, 4) is 0 Å². The first kappa shape index (κ1) is 13.5. The molecule has 0 amide bonds. The molecule has 4 heteroatoms. The number of nitrogens with one attached hydrogen (secondary N) is 1. The summed E-state index contributed by atoms with van der Waals surface area (Å²) in [5, 5.41) is 4.53. The standard InChI is InChI=1S/C14H22N2OS/c1-10-13(11(2)17)14(18-16-10)15-12-8-6-4-3-5-7-9-12/h12,15H,3-9H2,1-2H3. The molecule has 1 aromatic heterocycles. The van der Waals surface area contributed by atoms with Crippen molar-refractivity contribution in [2.75, 3.05) is 5.32 Å². The molecule has 1 aromatic rings. The molecule has 1 heterocycles. The lowest BCUT2D eigenvalue weighted by atomic mass is 9.96. The molecule has 3 nitrogen and oxygen atoms in total. The minimum atomic E-state index is 0.120. The first-order chi connectivity index (χ1) is 8.68. The van der Waals surface area contributed by atoms with E-state index in [1.807, 2.05) is 6.92 Å². The second kappa shape index (κ2) is 6.32. The Balaban J connectivity index is 2.05. The summed E-state index contributed by atoms with van der Waals surface area (Å²) in [4.78, 5) is 11.6. The SMILES string of the molecule is CC(=O)c1c(C)nsc1NC1CCCCCCC1. The van der Waals surface area contributed by atoms with Crippen LogP contribution in [0.4, 0.5) is 5.00 Å². The normalized spacial score (nSPS) is 18.1. The summed E-state index contributed by atoms with van der Waals surface area (Å²) in [6, 6.07) is 0.517. The van der Waals surface area contributed by atoms with Gasteiger partial charge < -0.3 is 5.32 Å². The predicted molar refractivity (Wildman–Crippen MR) is 76.6 cm³/mol. The van der Waals surface area contributed by atoms with Crippen molar-refractivity contribution in [3.05, 3.63) is 11.3 Å². The number of anilines is 1. The number of nitrogens with zero attached hydrogens (tertiary/aromatic N) is 1. The summed E-state index contributed by atoms with van der Waals surface area (Å²) < 4.78 is 4.30. The molecule has 1 fully saturated rings. The van der Waals surface area contributed by atoms with Gasteiger partial charge in [-0.05, 0) is 38.2 Å². The van der Waals surface area contributed by atoms with Crippen LogP contribution in [0.2, 0.25) is 0 Å². The summed E-state index contributed by atoms with van der Waals surface area (Å²) in [5.74, 6) is 0.120. The van der Waals surface area contributed by atoms with Gasteiger partial charge in [0, 0.05) is 6.04 Å². The predicted octanol–water partition coefficient (Wildman–Crippen LogP) is 4.18. The second-order valence-electron chi connectivity index (χ2n) is 5.21. The molecule has 2 rings (SSSR count). The lowest BCUT2D eigenvalue weighted by molar-refractivity contribution is 0.101. The van der Waals surface area contributed by atoms with Crippen LogP contribution in [0.15, 0.2) is 0 Å². The maximum atomic E-state index is 11.6. The van der Waals surface area contributed by atoms with Gasteiger partial charge >= 0.3 is 0 Å². The summed E-state index contributed by atoms with van der Waals surface area (Å²) >= 11 is 1.43. The molecule has 0 atom stereocenters. The molecule has 0 unspecified atom stereocenters. The fourth-order valence-electron chi connectivity index (χ4n) is 2.67. The first-order valence-electron chi connectivity index (χ1n) is 6.92. The molecule has 1 aliphatic carbocycles. The molecule has 0 bridgehead atoms. The summed E-state index contributed by atoms with van der Waals surface area (Å²) in [5.41, 5.74) is 1.66. The van der Waals surface area contributed by atoms with Gasteiger partial charge in [-0.2, -0.15) is 4.37 Å². The van der Waals surface area contributed by atoms with E-state index in [9.17, 15) is 4.79 Å². The van der Waals surface area contributed by atoms with Crippen molar-refractivity contribution < 1.29 is 4.79 Å². The minimum Gasteiger partial charge on any atom is -0.372 e. The number of Topliss-reactive ketones (excluding diaryl/α,β-unsaturated/α-hetero) is 1. The number of aryl methyl sites for hydroxylation is 1. The number of hydrogen-bond donors (Lipinski definition) is 1. The van der Waals surface area contributed by atoms with Crippen LogP contribution in [0.3, 0.4) is 0 Å². The van der Waals surface area contributed by atoms with E-state index in [0.29, 0.717) is 6.04 Å². The third-order valence-corrected chi connectivity index (χ3v) is 4.52. The third kappa shape index (κ3) is 3.31. The van der Waals surface area contributed by atoms with Crippen LogP contribution in [0.25, 0.3) is 0 Å². The zero-order valence-electron chi connectivity index (χ0n) is 11.3. The van der Waals surface area contributed by atoms with Crippen molar-refractivity contribution in [3.63, 3.8) is 0 Å². The van der Waals surface area contributed by atoms with Gasteiger partial charge in [0.2, 0.25) is 0 Å². The first-order valence-corrected chi connectivity index (χ1v) is 7.69. The van der Waals surface area contributed by atoms with Gasteiger partial charge in [0.1, 0.15) is 5.00 Å². The Hall–Kier alpha value is -0.900. The van der Waals surface area contributed by atoms with Crippen LogP contribution in [-0.4, -0.2) is 16.2 Å². The van der Waals surface area contributed by atoms with E-state index in [-0.39, 0.29) is 5.78 Å². The molecule has 100 valence electrons. The molecule has 1 N–H and O–H groups in total. The maximum absolute atomic E-state index is 11.6. The van der Waals surface area contributed by atoms with Crippen LogP contribution >= 0.6 is 11.5 Å². The number of ketones is 1. The van der Waals surface area contributed by atoms with Crippen LogP contribution in [-0.2, 0) is 0 Å². The van der Waals surface area contributed by atoms with Gasteiger partial charge in [-0.3, -0.25) is 4.79 Å². The van der Waals surface area contributed by atoms with Crippen molar-refractivity contribution in [1.29, 1.82) is 0 Å². The molecular formula is C14H22N2OS. The molecule has 0 spiro atoms. The fraction of sp³-hybridized carbons (Fsp3) is 0.714. The second-order valence-corrected chi connectivity index (χ2v) is 5.99. The number of aromatic nitrogens is 1. The summed E-state index contributed by atoms with van der Waals surface area (Å²) in [6.07, 6.45) is 9.10. The van der Waals surface area contributed by atoms with Crippen molar-refractivity contribution >= 4 is 22.3 Å². The molecule has 1 saturated carbocycles. The monoisotopic (exact) mass is 266 g/mol. The van der Waals surface area contributed by atoms with Crippen LogP contribution in [0.5, 0.6) is 0 Å². The van der Waals surface area contributed by atoms with E-state index >= 15 is 0 Å². The lowest BCUT2D eigenvalue weighted by Gasteiger charge is -2.21. The highest BCUT2D eigenvalue weighted by molar-refractivity contribution is 7.10. The zero-order chi connectivity index (χ0) is 13.0. The van der Waals surface area contributed by atoms with E-state index in [4.69, 9.17) is 0 Å². The van der Waals surface area contributed by atoms with Crippen LogP contribution < -0.4 is 5.32 Å². The van der Waals surface area contributed by atoms with Gasteiger partial charge in [-0.1, -0.05) is 32.1 Å². The molecular weight excluding hydrogens is 244 g/mol. The molecule has 0 saturated heterocycles. The highest BCUT2D eigenvalue weighted by Gasteiger charge is 2.18. The summed E-state index contributed by atoms with van der Waals surface area (Å²) in [6.45, 7) is 3.54. The van der Waals surface area contributed by atoms with Crippen LogP contribution in [0.1, 0.15) is 67.9 Å². The van der Waals surface area contributed by atoms with E-state index in [1.54, 1.807) is 6.92 Å². The van der Waals surface area contributed by atoms with E-state index in [2.05, 4.69) is 9.69 Å². The van der Waals surface area contributed by atoms with Crippen molar-refractivity contribution in [2.45, 2.75) is 64.8 Å². The topological polar surface area (TPSA) is 42.0 Å². The van der Waals surface area contributed by atoms with Gasteiger partial charge in [-0.15, -0.1) is 0 Å². The zero-order valence-corrected chi connectivity index (χ0v) is 12.1. The average molecular weight is 266 g/mol. The average Bonchev–Trinajstić information content (AvgIpc) is 2.63. The van der Waals surface area contributed by atoms with E-state index in [0.717, 1.165) is 16.3 Å². The lowest BCUT2D eigenvalue weighted by Crippen LogP contribution is -2.21. The van der Waals surface area contributed by atoms with Crippen molar-refractivity contribution in [1.82, 2.24) is 4.37 Å². The number of carbonyl (C=O) groups excluding carboxylic acids is 1. The van der Waals surface area contributed by atoms with E-state index < -0.39 is 0 Å². The Bertz CT molecular complexity index is 406. The van der Waals surface area contributed by atoms with Gasteiger partial charge in [0.25, 0.3) is 0 Å². The fourth-order valence-corrected chi connectivity index (χ4v) is 3.59. The third-order valence-electron chi connectivity index (χ3n) is 3.66. The number of rotatable bonds is 3. The summed E-state index contributed by atoms with van der Waals surface area (Å²) in [7, 11) is 0. The Labute approximate surface area is 113 Å². The highest BCUT2D eigenvalue weighted by atomic mass is 32.1. The van der Waals surface area contributed by atoms with Crippen molar-refractivity contribution in [2.24, 2.45) is 0 Å². The molecule has 18 heavy (non-hydrogen) atoms. The number of carbonyl (C=O) groups is 1. The van der Waals surface area contributed by atoms with Gasteiger partial charge in [-0.25, -0.2) is 0 Å². The smallest absolute Gasteiger partial charge is 0.164 e. The molecule has 0 aliphatic heterocycles. The number of hydrogen-bond acceptors (Lipinski definition) is 4. The molecule has 1 aliphatic rings. The molecule has 0 aromatic carbocycles. The van der Waals surface area contributed by atoms with Gasteiger partial charge in [0.15, 0.2) is 5.78 Å². The quantitative estimate of drug-likeness (QED) is 0.834. The van der Waals surface area contributed by atoms with Crippen LogP contribution in [0, 0.1) is 6.92 Å². The Morgan fingerprint density at radius 2 is 1.83 bits per heavy atom. The Morgan fingerprint density at radius 1 is 1.22 bits per heavy atom. The van der Waals surface area contributed by atoms with Gasteiger partial charge in [0.05, 0.1) is 11.3 Å². The van der Waals surface area contributed by atoms with E-state index in [1.165, 1.54) is 56.5 Å².